The number of Topliss-reactive ketones (excluding diaryl/α,β-unsaturated/α-hetero) is 1. The van der Waals surface area contributed by atoms with Gasteiger partial charge in [0.25, 0.3) is 0 Å². The Labute approximate surface area is 191 Å². The first-order valence-corrected chi connectivity index (χ1v) is 11.1. The smallest absolute Gasteiger partial charge is 0.234 e. The van der Waals surface area contributed by atoms with Gasteiger partial charge in [-0.25, -0.2) is 0 Å². The molecule has 1 heterocycles. The molecule has 0 saturated heterocycles. The van der Waals surface area contributed by atoms with E-state index < -0.39 is 0 Å². The fourth-order valence-corrected chi connectivity index (χ4v) is 4.01. The van der Waals surface area contributed by atoms with E-state index in [4.69, 9.17) is 9.47 Å². The molecule has 0 aliphatic heterocycles. The number of carbonyl (C=O) groups is 2. The van der Waals surface area contributed by atoms with Crippen LogP contribution in [0.5, 0.6) is 11.5 Å². The summed E-state index contributed by atoms with van der Waals surface area (Å²) in [5.41, 5.74) is 2.17. The van der Waals surface area contributed by atoms with E-state index in [9.17, 15) is 9.59 Å². The highest BCUT2D eigenvalue weighted by Crippen LogP contribution is 2.29. The summed E-state index contributed by atoms with van der Waals surface area (Å²) in [7, 11) is 3.21. The maximum Gasteiger partial charge on any atom is 0.234 e. The van der Waals surface area contributed by atoms with E-state index in [1.54, 1.807) is 38.5 Å². The first-order chi connectivity index (χ1) is 15.4. The highest BCUT2D eigenvalue weighted by Gasteiger charge is 2.15. The van der Waals surface area contributed by atoms with Gasteiger partial charge in [-0.2, -0.15) is 0 Å². The van der Waals surface area contributed by atoms with Crippen LogP contribution in [0, 0.1) is 0 Å². The molecule has 0 fully saturated rings. The van der Waals surface area contributed by atoms with Crippen molar-refractivity contribution in [3.8, 4) is 11.5 Å². The lowest BCUT2D eigenvalue weighted by molar-refractivity contribution is -0.113. The van der Waals surface area contributed by atoms with E-state index in [-0.39, 0.29) is 17.4 Å². The normalized spacial score (nSPS) is 10.6. The van der Waals surface area contributed by atoms with E-state index >= 15 is 0 Å². The standard InChI is InChI=1S/C23H26N4O4S/c1-5-27-21(12-16-9-10-19(30-3)20(11-16)31-4)25-26-23(27)32-14-22(29)24-18-8-6-7-17(13-18)15(2)28/h6-11,13H,5,12,14H2,1-4H3,(H,24,29). The number of aromatic nitrogens is 3. The summed E-state index contributed by atoms with van der Waals surface area (Å²) in [6.07, 6.45) is 0.575. The molecule has 8 nitrogen and oxygen atoms in total. The van der Waals surface area contributed by atoms with Crippen LogP contribution in [0.1, 0.15) is 35.6 Å². The number of carbonyl (C=O) groups excluding carboxylic acids is 2. The first-order valence-electron chi connectivity index (χ1n) is 10.1. The molecule has 3 rings (SSSR count). The number of hydrogen-bond donors (Lipinski definition) is 1. The molecule has 1 N–H and O–H groups in total. The van der Waals surface area contributed by atoms with Gasteiger partial charge in [-0.1, -0.05) is 30.0 Å². The van der Waals surface area contributed by atoms with Gasteiger partial charge in [0, 0.05) is 24.2 Å². The number of anilines is 1. The second kappa shape index (κ2) is 10.8. The molecule has 1 aromatic heterocycles. The maximum absolute atomic E-state index is 12.4. The summed E-state index contributed by atoms with van der Waals surface area (Å²) in [6, 6.07) is 12.6. The molecule has 0 unspecified atom stereocenters. The van der Waals surface area contributed by atoms with Crippen LogP contribution in [0.4, 0.5) is 5.69 Å². The molecular weight excluding hydrogens is 428 g/mol. The van der Waals surface area contributed by atoms with E-state index in [0.717, 1.165) is 11.4 Å². The molecule has 1 amide bonds. The Morgan fingerprint density at radius 1 is 1.06 bits per heavy atom. The van der Waals surface area contributed by atoms with Gasteiger partial charge in [-0.15, -0.1) is 10.2 Å². The number of amides is 1. The van der Waals surface area contributed by atoms with E-state index in [1.165, 1.54) is 18.7 Å². The fraction of sp³-hybridized carbons (Fsp3) is 0.304. The predicted molar refractivity (Wildman–Crippen MR) is 124 cm³/mol. The molecule has 3 aromatic rings. The van der Waals surface area contributed by atoms with E-state index in [0.29, 0.717) is 40.9 Å². The number of methoxy groups -OCH3 is 2. The average Bonchev–Trinajstić information content (AvgIpc) is 3.19. The Bertz CT molecular complexity index is 1110. The zero-order valence-corrected chi connectivity index (χ0v) is 19.4. The van der Waals surface area contributed by atoms with Gasteiger partial charge in [0.15, 0.2) is 22.4 Å². The van der Waals surface area contributed by atoms with Crippen molar-refractivity contribution < 1.29 is 19.1 Å². The van der Waals surface area contributed by atoms with Crippen LogP contribution in [0.15, 0.2) is 47.6 Å². The second-order valence-corrected chi connectivity index (χ2v) is 7.93. The van der Waals surface area contributed by atoms with Gasteiger partial charge in [-0.3, -0.25) is 9.59 Å². The Morgan fingerprint density at radius 3 is 2.53 bits per heavy atom. The largest absolute Gasteiger partial charge is 0.493 e. The lowest BCUT2D eigenvalue weighted by atomic mass is 10.1. The van der Waals surface area contributed by atoms with Crippen LogP contribution in [0.25, 0.3) is 0 Å². The molecule has 0 saturated carbocycles. The number of thioether (sulfide) groups is 1. The third-order valence-corrected chi connectivity index (χ3v) is 5.77. The third-order valence-electron chi connectivity index (χ3n) is 4.81. The summed E-state index contributed by atoms with van der Waals surface area (Å²) in [5.74, 6) is 2.09. The molecule has 32 heavy (non-hydrogen) atoms. The van der Waals surface area contributed by atoms with E-state index in [2.05, 4.69) is 15.5 Å². The third kappa shape index (κ3) is 5.67. The van der Waals surface area contributed by atoms with Crippen molar-refractivity contribution in [2.75, 3.05) is 25.3 Å². The quantitative estimate of drug-likeness (QED) is 0.367. The number of nitrogens with zero attached hydrogens (tertiary/aromatic N) is 3. The molecule has 0 aliphatic rings. The van der Waals surface area contributed by atoms with Gasteiger partial charge in [0.1, 0.15) is 5.82 Å². The van der Waals surface area contributed by atoms with Crippen LogP contribution in [0.2, 0.25) is 0 Å². The summed E-state index contributed by atoms with van der Waals surface area (Å²) >= 11 is 1.32. The highest BCUT2D eigenvalue weighted by molar-refractivity contribution is 7.99. The molecule has 9 heteroatoms. The minimum Gasteiger partial charge on any atom is -0.493 e. The van der Waals surface area contributed by atoms with Crippen LogP contribution >= 0.6 is 11.8 Å². The lowest BCUT2D eigenvalue weighted by Gasteiger charge is -2.11. The Kier molecular flexibility index (Phi) is 7.88. The van der Waals surface area contributed by atoms with Gasteiger partial charge in [-0.05, 0) is 43.7 Å². The van der Waals surface area contributed by atoms with Crippen molar-refractivity contribution in [2.45, 2.75) is 32.0 Å². The number of hydrogen-bond acceptors (Lipinski definition) is 7. The van der Waals surface area contributed by atoms with Crippen molar-refractivity contribution in [2.24, 2.45) is 0 Å². The number of ketones is 1. The van der Waals surface area contributed by atoms with Crippen molar-refractivity contribution in [1.29, 1.82) is 0 Å². The minimum absolute atomic E-state index is 0.0477. The Hall–Kier alpha value is -3.33. The van der Waals surface area contributed by atoms with Crippen molar-refractivity contribution in [3.63, 3.8) is 0 Å². The summed E-state index contributed by atoms with van der Waals surface area (Å²) in [5, 5.41) is 12.1. The molecule has 168 valence electrons. The van der Waals surface area contributed by atoms with Gasteiger partial charge >= 0.3 is 0 Å². The number of ether oxygens (including phenoxy) is 2. The zero-order chi connectivity index (χ0) is 23.1. The first kappa shape index (κ1) is 23.3. The van der Waals surface area contributed by atoms with Gasteiger partial charge in [0.05, 0.1) is 20.0 Å². The van der Waals surface area contributed by atoms with Crippen LogP contribution in [-0.4, -0.2) is 46.4 Å². The van der Waals surface area contributed by atoms with E-state index in [1.807, 2.05) is 29.7 Å². The molecule has 0 radical (unpaired) electrons. The predicted octanol–water partition coefficient (Wildman–Crippen LogP) is 3.84. The monoisotopic (exact) mass is 454 g/mol. The van der Waals surface area contributed by atoms with Crippen LogP contribution in [0.3, 0.4) is 0 Å². The Balaban J connectivity index is 1.65. The van der Waals surface area contributed by atoms with Crippen molar-refractivity contribution in [1.82, 2.24) is 14.8 Å². The molecular formula is C23H26N4O4S. The molecule has 0 aliphatic carbocycles. The fourth-order valence-electron chi connectivity index (χ4n) is 3.19. The molecule has 0 bridgehead atoms. The SMILES string of the molecule is CCn1c(Cc2ccc(OC)c(OC)c2)nnc1SCC(=O)Nc1cccc(C(C)=O)c1. The zero-order valence-electron chi connectivity index (χ0n) is 18.5. The number of nitrogens with one attached hydrogen (secondary N) is 1. The summed E-state index contributed by atoms with van der Waals surface area (Å²) in [6.45, 7) is 4.19. The summed E-state index contributed by atoms with van der Waals surface area (Å²) in [4.78, 5) is 23.9. The van der Waals surface area contributed by atoms with Crippen LogP contribution < -0.4 is 14.8 Å². The number of benzene rings is 2. The lowest BCUT2D eigenvalue weighted by Crippen LogP contribution is -2.15. The van der Waals surface area contributed by atoms with Gasteiger partial charge in [0.2, 0.25) is 5.91 Å². The van der Waals surface area contributed by atoms with Gasteiger partial charge < -0.3 is 19.4 Å². The minimum atomic E-state index is -0.178. The second-order valence-electron chi connectivity index (χ2n) is 6.98. The molecule has 2 aromatic carbocycles. The Morgan fingerprint density at radius 2 is 1.84 bits per heavy atom. The van der Waals surface area contributed by atoms with Crippen LogP contribution in [-0.2, 0) is 17.8 Å². The highest BCUT2D eigenvalue weighted by atomic mass is 32.2. The average molecular weight is 455 g/mol. The van der Waals surface area contributed by atoms with Crippen molar-refractivity contribution in [3.05, 3.63) is 59.4 Å². The molecule has 0 spiro atoms. The topological polar surface area (TPSA) is 95.3 Å². The summed E-state index contributed by atoms with van der Waals surface area (Å²) < 4.78 is 12.7. The maximum atomic E-state index is 12.4. The number of rotatable bonds is 10. The van der Waals surface area contributed by atoms with Crippen molar-refractivity contribution >= 4 is 29.1 Å². The molecule has 0 atom stereocenters.